The summed E-state index contributed by atoms with van der Waals surface area (Å²) in [5.74, 6) is -2.29. The Kier molecular flexibility index (Phi) is 5.06. The van der Waals surface area contributed by atoms with Crippen LogP contribution in [0.25, 0.3) is 0 Å². The monoisotopic (exact) mass is 467 g/mol. The molecular formula is C23H25N5O6. The van der Waals surface area contributed by atoms with E-state index >= 15 is 0 Å². The van der Waals surface area contributed by atoms with E-state index in [2.05, 4.69) is 15.6 Å². The number of amides is 2. The average molecular weight is 467 g/mol. The molecule has 178 valence electrons. The number of piperazine rings is 1. The molecule has 0 radical (unpaired) electrons. The summed E-state index contributed by atoms with van der Waals surface area (Å²) in [6.07, 6.45) is -0.971. The molecule has 3 aliphatic heterocycles. The first kappa shape index (κ1) is 22.2. The Morgan fingerprint density at radius 3 is 2.62 bits per heavy atom. The normalized spacial score (nSPS) is 32.4. The smallest absolute Gasteiger partial charge is 0.404 e. The van der Waals surface area contributed by atoms with E-state index in [1.54, 1.807) is 31.2 Å². The Labute approximate surface area is 195 Å². The van der Waals surface area contributed by atoms with Crippen LogP contribution in [-0.2, 0) is 23.9 Å². The number of carbonyl (C=O) groups is 4. The van der Waals surface area contributed by atoms with Crippen LogP contribution in [0.3, 0.4) is 0 Å². The van der Waals surface area contributed by atoms with Crippen LogP contribution in [0.1, 0.15) is 13.8 Å². The maximum absolute atomic E-state index is 13.8. The summed E-state index contributed by atoms with van der Waals surface area (Å²) in [6.45, 7) is 3.37. The van der Waals surface area contributed by atoms with Gasteiger partial charge in [-0.15, -0.1) is 0 Å². The van der Waals surface area contributed by atoms with Crippen molar-refractivity contribution in [2.24, 2.45) is 22.6 Å². The summed E-state index contributed by atoms with van der Waals surface area (Å²) in [5, 5.41) is 5.99. The number of primary amides is 1. The van der Waals surface area contributed by atoms with Crippen molar-refractivity contribution >= 4 is 40.7 Å². The molecule has 3 heterocycles. The van der Waals surface area contributed by atoms with Gasteiger partial charge in [-0.2, -0.15) is 0 Å². The highest BCUT2D eigenvalue weighted by molar-refractivity contribution is 6.53. The van der Waals surface area contributed by atoms with Crippen LogP contribution in [0.15, 0.2) is 40.5 Å². The van der Waals surface area contributed by atoms with Crippen molar-refractivity contribution in [3.8, 4) is 0 Å². The lowest BCUT2D eigenvalue weighted by Crippen LogP contribution is -2.55. The van der Waals surface area contributed by atoms with Gasteiger partial charge in [-0.25, -0.2) is 9.79 Å². The number of ketones is 2. The number of carbonyl (C=O) groups excluding carboxylic acids is 4. The van der Waals surface area contributed by atoms with Gasteiger partial charge >= 0.3 is 6.09 Å². The number of nitrogens with zero attached hydrogens (tertiary/aromatic N) is 2. The second-order valence-corrected chi connectivity index (χ2v) is 8.90. The number of aliphatic imine (C=N–C) groups is 1. The number of Topliss-reactive ketones (excluding diaryl/α,β-unsaturated/α-hetero) is 2. The quantitative estimate of drug-likeness (QED) is 0.527. The third kappa shape index (κ3) is 3.15. The number of nitrogens with one attached hydrogen (secondary N) is 2. The van der Waals surface area contributed by atoms with Gasteiger partial charge in [-0.1, -0.05) is 0 Å². The van der Waals surface area contributed by atoms with Crippen molar-refractivity contribution in [2.45, 2.75) is 31.7 Å². The molecule has 5 atom stereocenters. The lowest BCUT2D eigenvalue weighted by molar-refractivity contribution is -0.138. The first-order chi connectivity index (χ1) is 16.2. The molecule has 2 fully saturated rings. The Balaban J connectivity index is 1.55. The largest absolute Gasteiger partial charge is 0.449 e. The molecule has 4 N–H and O–H groups in total. The second kappa shape index (κ2) is 7.74. The van der Waals surface area contributed by atoms with Crippen LogP contribution in [0, 0.1) is 11.8 Å². The third-order valence-electron chi connectivity index (χ3n) is 6.98. The van der Waals surface area contributed by atoms with Gasteiger partial charge in [0.2, 0.25) is 11.7 Å². The zero-order valence-corrected chi connectivity index (χ0v) is 19.0. The zero-order chi connectivity index (χ0) is 24.4. The molecule has 1 aromatic rings. The predicted octanol–water partition coefficient (Wildman–Crippen LogP) is 0.483. The summed E-state index contributed by atoms with van der Waals surface area (Å²) in [4.78, 5) is 56.3. The van der Waals surface area contributed by atoms with Crippen LogP contribution < -0.4 is 16.4 Å². The first-order valence-electron chi connectivity index (χ1n) is 11.0. The molecule has 1 aromatic carbocycles. The van der Waals surface area contributed by atoms with E-state index < -0.39 is 23.7 Å². The molecule has 11 nitrogen and oxygen atoms in total. The number of nitrogens with two attached hydrogens (primary N) is 1. The van der Waals surface area contributed by atoms with Gasteiger partial charge < -0.3 is 30.7 Å². The number of benzene rings is 1. The zero-order valence-electron chi connectivity index (χ0n) is 19.0. The molecular weight excluding hydrogens is 442 g/mol. The molecule has 11 heteroatoms. The highest BCUT2D eigenvalue weighted by Gasteiger charge is 2.73. The summed E-state index contributed by atoms with van der Waals surface area (Å²) in [5.41, 5.74) is 5.91. The number of anilines is 1. The molecule has 1 aliphatic carbocycles. The summed E-state index contributed by atoms with van der Waals surface area (Å²) in [6, 6.07) is 6.66. The van der Waals surface area contributed by atoms with E-state index in [-0.39, 0.29) is 47.4 Å². The van der Waals surface area contributed by atoms with Crippen LogP contribution >= 0.6 is 0 Å². The fourth-order valence-corrected chi connectivity index (χ4v) is 5.49. The minimum atomic E-state index is -1.02. The Morgan fingerprint density at radius 2 is 2.00 bits per heavy atom. The Morgan fingerprint density at radius 1 is 1.29 bits per heavy atom. The van der Waals surface area contributed by atoms with Crippen molar-refractivity contribution in [2.75, 3.05) is 25.6 Å². The van der Waals surface area contributed by atoms with Gasteiger partial charge in [0.05, 0.1) is 35.0 Å². The summed E-state index contributed by atoms with van der Waals surface area (Å²) >= 11 is 0. The highest BCUT2D eigenvalue weighted by Crippen LogP contribution is 2.55. The molecule has 2 saturated heterocycles. The van der Waals surface area contributed by atoms with Crippen molar-refractivity contribution in [1.82, 2.24) is 10.2 Å². The van der Waals surface area contributed by atoms with Crippen molar-refractivity contribution in [3.05, 3.63) is 35.5 Å². The van der Waals surface area contributed by atoms with E-state index in [0.717, 1.165) is 0 Å². The van der Waals surface area contributed by atoms with Crippen molar-refractivity contribution in [3.63, 3.8) is 0 Å². The number of fused-ring (bicyclic) bond motifs is 4. The topological polar surface area (TPSA) is 162 Å². The van der Waals surface area contributed by atoms with Crippen LogP contribution in [-0.4, -0.2) is 72.2 Å². The number of methoxy groups -OCH3 is 1. The van der Waals surface area contributed by atoms with E-state index in [9.17, 15) is 19.2 Å². The van der Waals surface area contributed by atoms with Gasteiger partial charge in [0, 0.05) is 37.9 Å². The van der Waals surface area contributed by atoms with Crippen LogP contribution in [0.5, 0.6) is 0 Å². The van der Waals surface area contributed by atoms with Gasteiger partial charge in [0.25, 0.3) is 0 Å². The van der Waals surface area contributed by atoms with E-state index in [1.807, 2.05) is 4.90 Å². The number of hydrogen-bond acceptors (Lipinski definition) is 9. The minimum Gasteiger partial charge on any atom is -0.449 e. The maximum atomic E-state index is 13.8. The molecule has 0 saturated carbocycles. The lowest BCUT2D eigenvalue weighted by atomic mass is 9.78. The van der Waals surface area contributed by atoms with Gasteiger partial charge in [0.1, 0.15) is 6.61 Å². The average Bonchev–Trinajstić information content (AvgIpc) is 3.40. The van der Waals surface area contributed by atoms with Crippen LogP contribution in [0.4, 0.5) is 16.2 Å². The summed E-state index contributed by atoms with van der Waals surface area (Å²) < 4.78 is 11.1. The molecule has 0 spiro atoms. The van der Waals surface area contributed by atoms with Gasteiger partial charge in [-0.05, 0) is 31.2 Å². The highest BCUT2D eigenvalue weighted by atomic mass is 16.6. The fraction of sp³-hybridized carbons (Fsp3) is 0.435. The first-order valence-corrected chi connectivity index (χ1v) is 11.0. The predicted molar refractivity (Wildman–Crippen MR) is 120 cm³/mol. The molecule has 0 bridgehead atoms. The number of rotatable bonds is 5. The van der Waals surface area contributed by atoms with Crippen molar-refractivity contribution in [1.29, 1.82) is 0 Å². The molecule has 4 aliphatic rings. The fourth-order valence-electron chi connectivity index (χ4n) is 5.49. The van der Waals surface area contributed by atoms with E-state index in [4.69, 9.17) is 15.2 Å². The summed E-state index contributed by atoms with van der Waals surface area (Å²) in [7, 11) is 1.52. The Hall–Kier alpha value is -3.57. The maximum Gasteiger partial charge on any atom is 0.404 e. The van der Waals surface area contributed by atoms with Crippen molar-refractivity contribution < 1.29 is 28.7 Å². The standard InChI is InChI=1S/C23H25N5O6/c1-10-17(26-13-6-4-12(5-7-13)25-11(2)29)20(31)16-14(9-34-22(24)32)23(33-3)21-15(27-21)8-28(23)18(16)19(10)30/h4-7,10,14-15,21,27H,8-9H2,1-3H3,(H2,24,32)(H,25,29). The number of hydrogen-bond donors (Lipinski definition) is 3. The minimum absolute atomic E-state index is 0.104. The lowest BCUT2D eigenvalue weighted by Gasteiger charge is -2.39. The van der Waals surface area contributed by atoms with E-state index in [1.165, 1.54) is 14.0 Å². The van der Waals surface area contributed by atoms with Crippen LogP contribution in [0.2, 0.25) is 0 Å². The molecule has 5 rings (SSSR count). The molecule has 34 heavy (non-hydrogen) atoms. The molecule has 5 unspecified atom stereocenters. The third-order valence-corrected chi connectivity index (χ3v) is 6.98. The Bertz CT molecular complexity index is 1170. The molecule has 2 amide bonds. The van der Waals surface area contributed by atoms with Gasteiger partial charge in [-0.3, -0.25) is 14.4 Å². The SMILES string of the molecule is COC12C(COC(N)=O)C3=C(C(=O)C(C)C(=Nc4ccc(NC(C)=O)cc4)C3=O)N1CC1NC12. The molecule has 0 aromatic heterocycles. The number of allylic oxidation sites excluding steroid dienone is 1. The second-order valence-electron chi connectivity index (χ2n) is 8.90. The van der Waals surface area contributed by atoms with E-state index in [0.29, 0.717) is 23.6 Å². The number of ether oxygens (including phenoxy) is 2. The van der Waals surface area contributed by atoms with Gasteiger partial charge in [0.15, 0.2) is 11.5 Å².